The lowest BCUT2D eigenvalue weighted by molar-refractivity contribution is 0.0589. The van der Waals surface area contributed by atoms with Crippen LogP contribution < -0.4 is 14.2 Å². The van der Waals surface area contributed by atoms with Crippen molar-refractivity contribution >= 4 is 15.9 Å². The van der Waals surface area contributed by atoms with E-state index in [-0.39, 0.29) is 29.6 Å². The van der Waals surface area contributed by atoms with Gasteiger partial charge in [0.15, 0.2) is 11.5 Å². The van der Waals surface area contributed by atoms with Crippen LogP contribution >= 0.6 is 0 Å². The molecular weight excluding hydrogens is 456 g/mol. The maximum absolute atomic E-state index is 13.1. The fourth-order valence-corrected chi connectivity index (χ4v) is 5.36. The molecule has 0 aromatic heterocycles. The van der Waals surface area contributed by atoms with Crippen molar-refractivity contribution in [2.24, 2.45) is 0 Å². The number of amides is 1. The molecule has 2 aromatic rings. The molecule has 0 spiro atoms. The van der Waals surface area contributed by atoms with Crippen molar-refractivity contribution < 1.29 is 27.4 Å². The lowest BCUT2D eigenvalue weighted by Crippen LogP contribution is -2.41. The first-order valence-corrected chi connectivity index (χ1v) is 13.3. The first kappa shape index (κ1) is 24.5. The number of piperidine rings is 1. The summed E-state index contributed by atoms with van der Waals surface area (Å²) in [5.74, 6) is 1.25. The summed E-state index contributed by atoms with van der Waals surface area (Å²) < 4.78 is 45.3. The van der Waals surface area contributed by atoms with E-state index in [1.54, 1.807) is 17.0 Å². The van der Waals surface area contributed by atoms with E-state index in [1.165, 1.54) is 12.1 Å². The highest BCUT2D eigenvalue weighted by Gasteiger charge is 2.27. The van der Waals surface area contributed by atoms with Gasteiger partial charge in [-0.05, 0) is 50.1 Å². The Bertz CT molecular complexity index is 1080. The predicted molar refractivity (Wildman–Crippen MR) is 128 cm³/mol. The summed E-state index contributed by atoms with van der Waals surface area (Å²) in [6, 6.07) is 13.8. The molecule has 2 aliphatic heterocycles. The number of para-hydroxylation sites is 2. The van der Waals surface area contributed by atoms with Crippen molar-refractivity contribution in [3.63, 3.8) is 0 Å². The summed E-state index contributed by atoms with van der Waals surface area (Å²) in [5.41, 5.74) is 0.362. The zero-order valence-electron chi connectivity index (χ0n) is 19.4. The van der Waals surface area contributed by atoms with Crippen LogP contribution in [-0.2, 0) is 14.8 Å². The summed E-state index contributed by atoms with van der Waals surface area (Å²) in [7, 11) is -3.72. The molecule has 4 rings (SSSR count). The molecule has 0 radical (unpaired) electrons. The average molecular weight is 489 g/mol. The first-order chi connectivity index (χ1) is 16.5. The minimum absolute atomic E-state index is 0.0145. The Labute approximate surface area is 201 Å². The Kier molecular flexibility index (Phi) is 8.07. The molecule has 8 nitrogen and oxygen atoms in total. The molecule has 2 heterocycles. The third kappa shape index (κ3) is 6.08. The van der Waals surface area contributed by atoms with Crippen LogP contribution in [0.3, 0.4) is 0 Å². The van der Waals surface area contributed by atoms with E-state index in [1.807, 2.05) is 31.2 Å². The number of carbonyl (C=O) groups is 1. The Morgan fingerprint density at radius 1 is 1.09 bits per heavy atom. The van der Waals surface area contributed by atoms with E-state index in [4.69, 9.17) is 14.2 Å². The standard InChI is InChI=1S/C25H32N2O6S/c1-2-31-23-10-3-4-11-24(23)33-20-12-14-27(15-13-20)25(28)19-7-5-9-22(17-19)34(29,30)26-18-21-8-6-16-32-21/h3-5,7,9-11,17,20-21,26H,2,6,8,12-16,18H2,1H3. The van der Waals surface area contributed by atoms with Gasteiger partial charge in [-0.2, -0.15) is 0 Å². The van der Waals surface area contributed by atoms with Gasteiger partial charge in [0.25, 0.3) is 5.91 Å². The summed E-state index contributed by atoms with van der Waals surface area (Å²) in [6.07, 6.45) is 3.05. The van der Waals surface area contributed by atoms with Crippen LogP contribution in [-0.4, -0.2) is 64.3 Å². The normalized spacial score (nSPS) is 19.2. The van der Waals surface area contributed by atoms with Gasteiger partial charge >= 0.3 is 0 Å². The second kappa shape index (κ2) is 11.2. The van der Waals surface area contributed by atoms with Gasteiger partial charge in [-0.1, -0.05) is 18.2 Å². The summed E-state index contributed by atoms with van der Waals surface area (Å²) in [6.45, 7) is 4.47. The number of likely N-dealkylation sites (tertiary alicyclic amines) is 1. The van der Waals surface area contributed by atoms with Gasteiger partial charge in [0.1, 0.15) is 6.10 Å². The van der Waals surface area contributed by atoms with Crippen molar-refractivity contribution in [3.8, 4) is 11.5 Å². The number of hydrogen-bond acceptors (Lipinski definition) is 6. The molecule has 2 fully saturated rings. The van der Waals surface area contributed by atoms with Gasteiger partial charge in [0.05, 0.1) is 17.6 Å². The van der Waals surface area contributed by atoms with Gasteiger partial charge in [0.2, 0.25) is 10.0 Å². The molecule has 0 bridgehead atoms. The fraction of sp³-hybridized carbons (Fsp3) is 0.480. The van der Waals surface area contributed by atoms with Gasteiger partial charge in [0, 0.05) is 44.6 Å². The molecule has 1 N–H and O–H groups in total. The first-order valence-electron chi connectivity index (χ1n) is 11.9. The Morgan fingerprint density at radius 3 is 2.56 bits per heavy atom. The zero-order chi connectivity index (χ0) is 24.0. The van der Waals surface area contributed by atoms with Crippen molar-refractivity contribution in [1.29, 1.82) is 0 Å². The molecule has 1 atom stereocenters. The molecular formula is C25H32N2O6S. The zero-order valence-corrected chi connectivity index (χ0v) is 20.3. The van der Waals surface area contributed by atoms with Crippen LogP contribution in [0.4, 0.5) is 0 Å². The minimum Gasteiger partial charge on any atom is -0.490 e. The Morgan fingerprint density at radius 2 is 1.85 bits per heavy atom. The van der Waals surface area contributed by atoms with E-state index in [0.717, 1.165) is 18.6 Å². The summed E-state index contributed by atoms with van der Waals surface area (Å²) in [4.78, 5) is 14.9. The van der Waals surface area contributed by atoms with Crippen molar-refractivity contribution in [2.45, 2.75) is 49.7 Å². The number of nitrogens with zero attached hydrogens (tertiary/aromatic N) is 1. The molecule has 1 amide bonds. The number of rotatable bonds is 9. The van der Waals surface area contributed by atoms with Crippen molar-refractivity contribution in [1.82, 2.24) is 9.62 Å². The lowest BCUT2D eigenvalue weighted by Gasteiger charge is -2.32. The number of nitrogens with one attached hydrogen (secondary N) is 1. The molecule has 0 aliphatic carbocycles. The van der Waals surface area contributed by atoms with Crippen LogP contribution in [0, 0.1) is 0 Å². The van der Waals surface area contributed by atoms with E-state index in [0.29, 0.717) is 50.5 Å². The Hall–Kier alpha value is -2.62. The number of carbonyl (C=O) groups excluding carboxylic acids is 1. The summed E-state index contributed by atoms with van der Waals surface area (Å²) in [5, 5.41) is 0. The number of hydrogen-bond donors (Lipinski definition) is 1. The van der Waals surface area contributed by atoms with Gasteiger partial charge in [-0.25, -0.2) is 13.1 Å². The lowest BCUT2D eigenvalue weighted by atomic mass is 10.1. The highest BCUT2D eigenvalue weighted by atomic mass is 32.2. The number of ether oxygens (including phenoxy) is 3. The monoisotopic (exact) mass is 488 g/mol. The second-order valence-corrected chi connectivity index (χ2v) is 10.3. The molecule has 34 heavy (non-hydrogen) atoms. The second-order valence-electron chi connectivity index (χ2n) is 8.50. The van der Waals surface area contributed by atoms with Crippen molar-refractivity contribution in [2.75, 3.05) is 32.8 Å². The van der Waals surface area contributed by atoms with E-state index >= 15 is 0 Å². The summed E-state index contributed by atoms with van der Waals surface area (Å²) >= 11 is 0. The smallest absolute Gasteiger partial charge is 0.253 e. The predicted octanol–water partition coefficient (Wildman–Crippen LogP) is 3.23. The minimum atomic E-state index is -3.72. The topological polar surface area (TPSA) is 94.2 Å². The van der Waals surface area contributed by atoms with Gasteiger partial charge in [-0.3, -0.25) is 4.79 Å². The highest BCUT2D eigenvalue weighted by molar-refractivity contribution is 7.89. The molecule has 184 valence electrons. The SMILES string of the molecule is CCOc1ccccc1OC1CCN(C(=O)c2cccc(S(=O)(=O)NCC3CCCO3)c2)CC1. The van der Waals surface area contributed by atoms with E-state index in [9.17, 15) is 13.2 Å². The van der Waals surface area contributed by atoms with Gasteiger partial charge < -0.3 is 19.1 Å². The quantitative estimate of drug-likeness (QED) is 0.583. The number of benzene rings is 2. The van der Waals surface area contributed by atoms with Crippen LogP contribution in [0.2, 0.25) is 0 Å². The van der Waals surface area contributed by atoms with Crippen LogP contribution in [0.1, 0.15) is 43.0 Å². The number of sulfonamides is 1. The largest absolute Gasteiger partial charge is 0.490 e. The third-order valence-corrected chi connectivity index (χ3v) is 7.51. The van der Waals surface area contributed by atoms with Gasteiger partial charge in [-0.15, -0.1) is 0 Å². The molecule has 2 aliphatic rings. The highest BCUT2D eigenvalue weighted by Crippen LogP contribution is 2.29. The van der Waals surface area contributed by atoms with Crippen molar-refractivity contribution in [3.05, 3.63) is 54.1 Å². The van der Waals surface area contributed by atoms with Crippen LogP contribution in [0.5, 0.6) is 11.5 Å². The fourth-order valence-electron chi connectivity index (χ4n) is 4.25. The molecule has 2 saturated heterocycles. The molecule has 2 aromatic carbocycles. The molecule has 1 unspecified atom stereocenters. The average Bonchev–Trinajstić information content (AvgIpc) is 3.38. The Balaban J connectivity index is 1.34. The van der Waals surface area contributed by atoms with Crippen LogP contribution in [0.25, 0.3) is 0 Å². The maximum atomic E-state index is 13.1. The van der Waals surface area contributed by atoms with E-state index in [2.05, 4.69) is 4.72 Å². The van der Waals surface area contributed by atoms with Crippen LogP contribution in [0.15, 0.2) is 53.4 Å². The van der Waals surface area contributed by atoms with E-state index < -0.39 is 10.0 Å². The molecule has 0 saturated carbocycles. The third-order valence-electron chi connectivity index (χ3n) is 6.09. The maximum Gasteiger partial charge on any atom is 0.253 e. The molecule has 9 heteroatoms.